The van der Waals surface area contributed by atoms with Gasteiger partial charge in [-0.15, -0.1) is 0 Å². The number of carbonyl (C=O) groups is 1. The summed E-state index contributed by atoms with van der Waals surface area (Å²) in [4.78, 5) is 17.1. The Hall–Kier alpha value is -1.94. The second kappa shape index (κ2) is 6.44. The van der Waals surface area contributed by atoms with E-state index in [1.54, 1.807) is 0 Å². The topological polar surface area (TPSA) is 62.2 Å². The van der Waals surface area contributed by atoms with Crippen LogP contribution in [-0.2, 0) is 0 Å². The maximum Gasteiger partial charge on any atom is 0.253 e. The lowest BCUT2D eigenvalue weighted by Crippen LogP contribution is -2.46. The summed E-state index contributed by atoms with van der Waals surface area (Å²) >= 11 is 0. The zero-order valence-corrected chi connectivity index (χ0v) is 13.7. The average Bonchev–Trinajstić information content (AvgIpc) is 2.47. The third-order valence-electron chi connectivity index (χ3n) is 4.26. The van der Waals surface area contributed by atoms with Crippen molar-refractivity contribution in [3.63, 3.8) is 0 Å². The minimum absolute atomic E-state index is 0.0543. The van der Waals surface area contributed by atoms with Gasteiger partial charge >= 0.3 is 0 Å². The first-order valence-electron chi connectivity index (χ1n) is 7.70. The highest BCUT2D eigenvalue weighted by Crippen LogP contribution is 2.20. The van der Waals surface area contributed by atoms with Crippen LogP contribution in [0.5, 0.6) is 0 Å². The summed E-state index contributed by atoms with van der Waals surface area (Å²) in [6.45, 7) is 7.89. The number of benzene rings is 1. The Morgan fingerprint density at radius 2 is 2.05 bits per heavy atom. The first-order chi connectivity index (χ1) is 10.4. The van der Waals surface area contributed by atoms with Crippen LogP contribution in [0.25, 0.3) is 10.9 Å². The molecule has 0 radical (unpaired) electrons. The van der Waals surface area contributed by atoms with Crippen molar-refractivity contribution in [1.29, 1.82) is 0 Å². The highest BCUT2D eigenvalue weighted by molar-refractivity contribution is 5.99. The zero-order valence-electron chi connectivity index (χ0n) is 13.7. The minimum atomic E-state index is -0.403. The molecule has 118 valence electrons. The SMILES string of the molecule is CCC(C)(CCO)NC(=O)c1cc2cc(C)ccc2nc1C. The van der Waals surface area contributed by atoms with Crippen molar-refractivity contribution in [1.82, 2.24) is 10.3 Å². The van der Waals surface area contributed by atoms with Crippen LogP contribution in [0.3, 0.4) is 0 Å². The molecular formula is C18H24N2O2. The van der Waals surface area contributed by atoms with Gasteiger partial charge in [-0.05, 0) is 51.8 Å². The lowest BCUT2D eigenvalue weighted by atomic mass is 9.94. The van der Waals surface area contributed by atoms with Crippen molar-refractivity contribution in [2.75, 3.05) is 6.61 Å². The molecule has 2 rings (SSSR count). The fourth-order valence-corrected chi connectivity index (χ4v) is 2.54. The molecule has 2 aromatic rings. The molecule has 1 atom stereocenters. The first-order valence-corrected chi connectivity index (χ1v) is 7.70. The molecule has 0 saturated carbocycles. The van der Waals surface area contributed by atoms with Gasteiger partial charge in [0.15, 0.2) is 0 Å². The number of nitrogens with zero attached hydrogens (tertiary/aromatic N) is 1. The molecule has 0 spiro atoms. The van der Waals surface area contributed by atoms with Crippen molar-refractivity contribution >= 4 is 16.8 Å². The summed E-state index contributed by atoms with van der Waals surface area (Å²) in [7, 11) is 0. The van der Waals surface area contributed by atoms with E-state index in [1.807, 2.05) is 52.0 Å². The average molecular weight is 300 g/mol. The van der Waals surface area contributed by atoms with E-state index < -0.39 is 5.54 Å². The van der Waals surface area contributed by atoms with Gasteiger partial charge in [0.1, 0.15) is 0 Å². The number of amides is 1. The molecule has 1 unspecified atom stereocenters. The molecule has 0 aliphatic carbocycles. The number of aliphatic hydroxyl groups excluding tert-OH is 1. The summed E-state index contributed by atoms with van der Waals surface area (Å²) in [5.41, 5.74) is 2.95. The number of fused-ring (bicyclic) bond motifs is 1. The van der Waals surface area contributed by atoms with Crippen LogP contribution in [0.4, 0.5) is 0 Å². The normalized spacial score (nSPS) is 13.9. The molecule has 2 N–H and O–H groups in total. The Kier molecular flexibility index (Phi) is 4.81. The predicted molar refractivity (Wildman–Crippen MR) is 89.1 cm³/mol. The van der Waals surface area contributed by atoms with Gasteiger partial charge in [-0.2, -0.15) is 0 Å². The maximum absolute atomic E-state index is 12.6. The molecule has 4 heteroatoms. The van der Waals surface area contributed by atoms with Crippen LogP contribution >= 0.6 is 0 Å². The van der Waals surface area contributed by atoms with E-state index in [4.69, 9.17) is 0 Å². The fraction of sp³-hybridized carbons (Fsp3) is 0.444. The van der Waals surface area contributed by atoms with Gasteiger partial charge in [-0.1, -0.05) is 18.6 Å². The Labute approximate surface area is 131 Å². The molecule has 0 aliphatic rings. The van der Waals surface area contributed by atoms with E-state index in [0.717, 1.165) is 28.6 Å². The van der Waals surface area contributed by atoms with Crippen LogP contribution in [-0.4, -0.2) is 28.1 Å². The van der Waals surface area contributed by atoms with Gasteiger partial charge in [-0.25, -0.2) is 0 Å². The molecule has 0 saturated heterocycles. The smallest absolute Gasteiger partial charge is 0.253 e. The molecular weight excluding hydrogens is 276 g/mol. The van der Waals surface area contributed by atoms with Gasteiger partial charge in [0.05, 0.1) is 16.8 Å². The number of aliphatic hydroxyl groups is 1. The Balaban J connectivity index is 2.37. The molecule has 1 aromatic heterocycles. The summed E-state index contributed by atoms with van der Waals surface area (Å²) in [6, 6.07) is 7.92. The van der Waals surface area contributed by atoms with Gasteiger partial charge in [-0.3, -0.25) is 9.78 Å². The van der Waals surface area contributed by atoms with Crippen molar-refractivity contribution < 1.29 is 9.90 Å². The fourth-order valence-electron chi connectivity index (χ4n) is 2.54. The number of nitrogens with one attached hydrogen (secondary N) is 1. The Morgan fingerprint density at radius 1 is 1.32 bits per heavy atom. The number of hydrogen-bond acceptors (Lipinski definition) is 3. The second-order valence-electron chi connectivity index (χ2n) is 6.16. The summed E-state index contributed by atoms with van der Waals surface area (Å²) in [5.74, 6) is -0.133. The number of pyridine rings is 1. The van der Waals surface area contributed by atoms with E-state index in [-0.39, 0.29) is 12.5 Å². The lowest BCUT2D eigenvalue weighted by Gasteiger charge is -2.29. The number of aromatic nitrogens is 1. The molecule has 1 heterocycles. The minimum Gasteiger partial charge on any atom is -0.396 e. The molecule has 1 aromatic carbocycles. The van der Waals surface area contributed by atoms with Crippen molar-refractivity contribution in [3.8, 4) is 0 Å². The molecule has 1 amide bonds. The van der Waals surface area contributed by atoms with Crippen LogP contribution in [0.15, 0.2) is 24.3 Å². The maximum atomic E-state index is 12.6. The van der Waals surface area contributed by atoms with Crippen LogP contribution in [0.1, 0.15) is 48.3 Å². The van der Waals surface area contributed by atoms with E-state index in [1.165, 1.54) is 0 Å². The van der Waals surface area contributed by atoms with Gasteiger partial charge < -0.3 is 10.4 Å². The van der Waals surface area contributed by atoms with Gasteiger partial charge in [0, 0.05) is 17.5 Å². The van der Waals surface area contributed by atoms with Gasteiger partial charge in [0.25, 0.3) is 5.91 Å². The molecule has 4 nitrogen and oxygen atoms in total. The molecule has 0 aliphatic heterocycles. The Bertz CT molecular complexity index is 697. The quantitative estimate of drug-likeness (QED) is 0.891. The lowest BCUT2D eigenvalue weighted by molar-refractivity contribution is 0.0885. The number of carbonyl (C=O) groups excluding carboxylic acids is 1. The summed E-state index contributed by atoms with van der Waals surface area (Å²) in [5, 5.41) is 13.2. The summed E-state index contributed by atoms with van der Waals surface area (Å²) < 4.78 is 0. The molecule has 0 bridgehead atoms. The standard InChI is InChI=1S/C18H24N2O2/c1-5-18(4,8-9-21)20-17(22)15-11-14-10-12(2)6-7-16(14)19-13(15)3/h6-7,10-11,21H,5,8-9H2,1-4H3,(H,20,22). The van der Waals surface area contributed by atoms with Crippen LogP contribution < -0.4 is 5.32 Å². The van der Waals surface area contributed by atoms with E-state index >= 15 is 0 Å². The molecule has 0 fully saturated rings. The largest absolute Gasteiger partial charge is 0.396 e. The first kappa shape index (κ1) is 16.4. The number of rotatable bonds is 5. The van der Waals surface area contributed by atoms with E-state index in [2.05, 4.69) is 10.3 Å². The summed E-state index contributed by atoms with van der Waals surface area (Å²) in [6.07, 6.45) is 1.30. The van der Waals surface area contributed by atoms with Crippen LogP contribution in [0, 0.1) is 13.8 Å². The Morgan fingerprint density at radius 3 is 2.68 bits per heavy atom. The number of hydrogen-bond donors (Lipinski definition) is 2. The monoisotopic (exact) mass is 300 g/mol. The second-order valence-corrected chi connectivity index (χ2v) is 6.16. The number of aryl methyl sites for hydroxylation is 2. The highest BCUT2D eigenvalue weighted by atomic mass is 16.3. The van der Waals surface area contributed by atoms with Crippen molar-refractivity contribution in [3.05, 3.63) is 41.1 Å². The van der Waals surface area contributed by atoms with Crippen molar-refractivity contribution in [2.24, 2.45) is 0 Å². The zero-order chi connectivity index (χ0) is 16.3. The third-order valence-corrected chi connectivity index (χ3v) is 4.26. The molecule has 22 heavy (non-hydrogen) atoms. The predicted octanol–water partition coefficient (Wildman–Crippen LogP) is 3.13. The van der Waals surface area contributed by atoms with Crippen LogP contribution in [0.2, 0.25) is 0 Å². The van der Waals surface area contributed by atoms with E-state index in [9.17, 15) is 9.90 Å². The van der Waals surface area contributed by atoms with E-state index in [0.29, 0.717) is 12.0 Å². The highest BCUT2D eigenvalue weighted by Gasteiger charge is 2.25. The van der Waals surface area contributed by atoms with Crippen molar-refractivity contribution in [2.45, 2.75) is 46.1 Å². The van der Waals surface area contributed by atoms with Gasteiger partial charge in [0.2, 0.25) is 0 Å². The third kappa shape index (κ3) is 3.45.